The summed E-state index contributed by atoms with van der Waals surface area (Å²) in [6.07, 6.45) is 3.31. The van der Waals surface area contributed by atoms with Crippen molar-refractivity contribution < 1.29 is 14.0 Å². The number of thiophene rings is 1. The maximum Gasteiger partial charge on any atom is 0.257 e. The average Bonchev–Trinajstić information content (AvgIpc) is 3.31. The van der Waals surface area contributed by atoms with Gasteiger partial charge in [0.2, 0.25) is 5.91 Å². The first kappa shape index (κ1) is 17.2. The van der Waals surface area contributed by atoms with Crippen molar-refractivity contribution >= 4 is 28.2 Å². The Hall–Kier alpha value is -2.63. The van der Waals surface area contributed by atoms with Gasteiger partial charge in [0.05, 0.1) is 17.4 Å². The molecular weight excluding hydrogens is 340 g/mol. The van der Waals surface area contributed by atoms with Gasteiger partial charge in [0.15, 0.2) is 0 Å². The first-order chi connectivity index (χ1) is 12.2. The molecule has 0 aromatic carbocycles. The van der Waals surface area contributed by atoms with Crippen LogP contribution in [0.1, 0.15) is 22.3 Å². The summed E-state index contributed by atoms with van der Waals surface area (Å²) in [4.78, 5) is 28.2. The number of anilines is 1. The highest BCUT2D eigenvalue weighted by atomic mass is 32.1. The third kappa shape index (κ3) is 4.26. The van der Waals surface area contributed by atoms with Crippen molar-refractivity contribution in [2.75, 3.05) is 38.0 Å². The van der Waals surface area contributed by atoms with E-state index >= 15 is 0 Å². The highest BCUT2D eigenvalue weighted by Crippen LogP contribution is 2.22. The third-order valence-electron chi connectivity index (χ3n) is 4.12. The van der Waals surface area contributed by atoms with Crippen LogP contribution in [0, 0.1) is 11.3 Å². The molecule has 2 amide bonds. The fourth-order valence-electron chi connectivity index (χ4n) is 2.69. The number of nitriles is 1. The van der Waals surface area contributed by atoms with Crippen LogP contribution in [0.3, 0.4) is 0 Å². The minimum absolute atomic E-state index is 0.0205. The fourth-order valence-corrected chi connectivity index (χ4v) is 3.44. The standard InChI is InChI=1S/C17H18N4O3S/c18-11-13-3-10-25-16(13)19-15(22)1-4-20-5-7-21(8-6-20)17(23)14-2-9-24-12-14/h2-3,9-10,12H,1,4-8H2,(H,19,22). The monoisotopic (exact) mass is 358 g/mol. The third-order valence-corrected chi connectivity index (χ3v) is 4.95. The lowest BCUT2D eigenvalue weighted by Gasteiger charge is -2.34. The van der Waals surface area contributed by atoms with E-state index in [0.717, 1.165) is 13.1 Å². The second-order valence-corrected chi connectivity index (χ2v) is 6.64. The molecular formula is C17H18N4O3S. The molecule has 1 aliphatic rings. The molecule has 25 heavy (non-hydrogen) atoms. The van der Waals surface area contributed by atoms with Crippen molar-refractivity contribution in [1.29, 1.82) is 5.26 Å². The molecule has 8 heteroatoms. The van der Waals surface area contributed by atoms with E-state index in [9.17, 15) is 9.59 Å². The first-order valence-electron chi connectivity index (χ1n) is 7.98. The van der Waals surface area contributed by atoms with Gasteiger partial charge in [-0.3, -0.25) is 14.5 Å². The van der Waals surface area contributed by atoms with Crippen LogP contribution in [-0.4, -0.2) is 54.3 Å². The highest BCUT2D eigenvalue weighted by molar-refractivity contribution is 7.14. The molecule has 1 aliphatic heterocycles. The predicted molar refractivity (Wildman–Crippen MR) is 93.3 cm³/mol. The molecule has 1 N–H and O–H groups in total. The lowest BCUT2D eigenvalue weighted by atomic mass is 10.2. The van der Waals surface area contributed by atoms with E-state index in [1.54, 1.807) is 22.4 Å². The number of carbonyl (C=O) groups is 2. The molecule has 1 saturated heterocycles. The van der Waals surface area contributed by atoms with Crippen LogP contribution >= 0.6 is 11.3 Å². The van der Waals surface area contributed by atoms with E-state index < -0.39 is 0 Å². The normalized spacial score (nSPS) is 14.9. The van der Waals surface area contributed by atoms with E-state index in [1.165, 1.54) is 23.9 Å². The summed E-state index contributed by atoms with van der Waals surface area (Å²) in [5.41, 5.74) is 1.06. The van der Waals surface area contributed by atoms with Crippen LogP contribution in [0.15, 0.2) is 34.5 Å². The van der Waals surface area contributed by atoms with Crippen LogP contribution in [0.4, 0.5) is 5.00 Å². The van der Waals surface area contributed by atoms with Crippen molar-refractivity contribution in [2.45, 2.75) is 6.42 Å². The molecule has 7 nitrogen and oxygen atoms in total. The van der Waals surface area contributed by atoms with Gasteiger partial charge in [-0.15, -0.1) is 11.3 Å². The Morgan fingerprint density at radius 3 is 2.76 bits per heavy atom. The topological polar surface area (TPSA) is 89.6 Å². The van der Waals surface area contributed by atoms with Gasteiger partial charge in [0.25, 0.3) is 5.91 Å². The maximum atomic E-state index is 12.2. The van der Waals surface area contributed by atoms with Gasteiger partial charge < -0.3 is 14.6 Å². The van der Waals surface area contributed by atoms with Crippen LogP contribution in [0.2, 0.25) is 0 Å². The lowest BCUT2D eigenvalue weighted by Crippen LogP contribution is -2.49. The average molecular weight is 358 g/mol. The van der Waals surface area contributed by atoms with Crippen molar-refractivity contribution in [3.63, 3.8) is 0 Å². The van der Waals surface area contributed by atoms with E-state index in [4.69, 9.17) is 9.68 Å². The Morgan fingerprint density at radius 2 is 2.08 bits per heavy atom. The Kier molecular flexibility index (Phi) is 5.48. The molecule has 0 saturated carbocycles. The summed E-state index contributed by atoms with van der Waals surface area (Å²) in [5.74, 6) is -0.122. The molecule has 1 fully saturated rings. The molecule has 2 aromatic heterocycles. The molecule has 0 bridgehead atoms. The van der Waals surface area contributed by atoms with Crippen LogP contribution in [-0.2, 0) is 4.79 Å². The van der Waals surface area contributed by atoms with E-state index in [0.29, 0.717) is 42.2 Å². The van der Waals surface area contributed by atoms with Crippen molar-refractivity contribution in [3.05, 3.63) is 41.2 Å². The maximum absolute atomic E-state index is 12.2. The van der Waals surface area contributed by atoms with E-state index in [2.05, 4.69) is 16.3 Å². The number of hydrogen-bond donors (Lipinski definition) is 1. The van der Waals surface area contributed by atoms with E-state index in [1.807, 2.05) is 0 Å². The van der Waals surface area contributed by atoms with E-state index in [-0.39, 0.29) is 11.8 Å². The quantitative estimate of drug-likeness (QED) is 0.883. The number of nitrogens with zero attached hydrogens (tertiary/aromatic N) is 3. The fraction of sp³-hybridized carbons (Fsp3) is 0.353. The zero-order valence-electron chi connectivity index (χ0n) is 13.6. The lowest BCUT2D eigenvalue weighted by molar-refractivity contribution is -0.116. The number of amides is 2. The molecule has 130 valence electrons. The van der Waals surface area contributed by atoms with Crippen molar-refractivity contribution in [2.24, 2.45) is 0 Å². The highest BCUT2D eigenvalue weighted by Gasteiger charge is 2.23. The number of hydrogen-bond acceptors (Lipinski definition) is 6. The summed E-state index contributed by atoms with van der Waals surface area (Å²) in [6.45, 7) is 3.37. The van der Waals surface area contributed by atoms with Crippen molar-refractivity contribution in [3.8, 4) is 6.07 Å². The first-order valence-corrected chi connectivity index (χ1v) is 8.86. The SMILES string of the molecule is N#Cc1ccsc1NC(=O)CCN1CCN(C(=O)c2ccoc2)CC1. The number of furan rings is 1. The molecule has 2 aromatic rings. The zero-order chi connectivity index (χ0) is 17.6. The summed E-state index contributed by atoms with van der Waals surface area (Å²) in [6, 6.07) is 5.41. The smallest absolute Gasteiger partial charge is 0.257 e. The predicted octanol–water partition coefficient (Wildman–Crippen LogP) is 2.00. The van der Waals surface area contributed by atoms with Gasteiger partial charge in [-0.1, -0.05) is 0 Å². The zero-order valence-corrected chi connectivity index (χ0v) is 14.4. The summed E-state index contributed by atoms with van der Waals surface area (Å²) in [7, 11) is 0. The Morgan fingerprint density at radius 1 is 1.28 bits per heavy atom. The van der Waals surface area contributed by atoms with Crippen molar-refractivity contribution in [1.82, 2.24) is 9.80 Å². The number of piperazine rings is 1. The molecule has 0 spiro atoms. The molecule has 0 radical (unpaired) electrons. The number of rotatable bonds is 5. The minimum Gasteiger partial charge on any atom is -0.472 e. The number of nitrogens with one attached hydrogen (secondary N) is 1. The minimum atomic E-state index is -0.101. The summed E-state index contributed by atoms with van der Waals surface area (Å²) >= 11 is 1.35. The number of carbonyl (C=O) groups excluding carboxylic acids is 2. The summed E-state index contributed by atoms with van der Waals surface area (Å²) in [5, 5.41) is 14.1. The molecule has 0 atom stereocenters. The van der Waals surface area contributed by atoms with Gasteiger partial charge in [0, 0.05) is 39.1 Å². The van der Waals surface area contributed by atoms with Crippen LogP contribution < -0.4 is 5.32 Å². The summed E-state index contributed by atoms with van der Waals surface area (Å²) < 4.78 is 4.95. The van der Waals surface area contributed by atoms with Gasteiger partial charge in [-0.05, 0) is 17.5 Å². The second kappa shape index (κ2) is 7.96. The Labute approximate surface area is 149 Å². The molecule has 0 aliphatic carbocycles. The second-order valence-electron chi connectivity index (χ2n) is 5.72. The van der Waals surface area contributed by atoms with Gasteiger partial charge in [0.1, 0.15) is 17.3 Å². The van der Waals surface area contributed by atoms with Gasteiger partial charge >= 0.3 is 0 Å². The molecule has 3 heterocycles. The Balaban J connectivity index is 1.41. The van der Waals surface area contributed by atoms with Crippen LogP contribution in [0.5, 0.6) is 0 Å². The largest absolute Gasteiger partial charge is 0.472 e. The molecule has 0 unspecified atom stereocenters. The molecule has 3 rings (SSSR count). The Bertz CT molecular complexity index is 770. The van der Waals surface area contributed by atoms with Crippen LogP contribution in [0.25, 0.3) is 0 Å². The van der Waals surface area contributed by atoms with Gasteiger partial charge in [-0.2, -0.15) is 5.26 Å². The van der Waals surface area contributed by atoms with Gasteiger partial charge in [-0.25, -0.2) is 0 Å².